The van der Waals surface area contributed by atoms with Gasteiger partial charge in [-0.05, 0) is 34.6 Å². The maximum atomic E-state index is 12.2. The molecule has 6 nitrogen and oxygen atoms in total. The Morgan fingerprint density at radius 1 is 1.12 bits per heavy atom. The van der Waals surface area contributed by atoms with Crippen molar-refractivity contribution in [1.29, 1.82) is 0 Å². The van der Waals surface area contributed by atoms with Gasteiger partial charge in [-0.1, -0.05) is 74.5 Å². The minimum absolute atomic E-state index is 0.132. The second-order valence-corrected chi connectivity index (χ2v) is 9.90. The minimum Gasteiger partial charge on any atom is -0.388 e. The lowest BCUT2D eigenvalue weighted by Crippen LogP contribution is -2.46. The first-order chi connectivity index (χ1) is 15.2. The van der Waals surface area contributed by atoms with Crippen LogP contribution in [0.5, 0.6) is 0 Å². The number of aryl methyl sites for hydroxylation is 1. The molecule has 2 aromatic carbocycles. The smallest absolute Gasteiger partial charge is 0.388 e. The predicted molar refractivity (Wildman–Crippen MR) is 125 cm³/mol. The van der Waals surface area contributed by atoms with Crippen LogP contribution in [0.2, 0.25) is 0 Å². The van der Waals surface area contributed by atoms with Crippen molar-refractivity contribution in [2.75, 3.05) is 13.1 Å². The van der Waals surface area contributed by atoms with Gasteiger partial charge in [-0.2, -0.15) is 0 Å². The van der Waals surface area contributed by atoms with E-state index in [0.717, 1.165) is 41.7 Å². The van der Waals surface area contributed by atoms with Gasteiger partial charge < -0.3 is 15.0 Å². The quantitative estimate of drug-likeness (QED) is 0.726. The van der Waals surface area contributed by atoms with Crippen LogP contribution in [0.4, 0.5) is 4.79 Å². The summed E-state index contributed by atoms with van der Waals surface area (Å²) in [5.41, 5.74) is 5.49. The summed E-state index contributed by atoms with van der Waals surface area (Å²) in [6, 6.07) is 16.6. The molecular formula is C26H33N3O3. The first kappa shape index (κ1) is 22.3. The van der Waals surface area contributed by atoms with Gasteiger partial charge in [0, 0.05) is 38.9 Å². The third-order valence-electron chi connectivity index (χ3n) is 6.45. The summed E-state index contributed by atoms with van der Waals surface area (Å²) in [6.45, 7) is 10.4. The van der Waals surface area contributed by atoms with Crippen LogP contribution in [-0.4, -0.2) is 35.6 Å². The molecule has 2 aliphatic heterocycles. The summed E-state index contributed by atoms with van der Waals surface area (Å²) >= 11 is 0. The van der Waals surface area contributed by atoms with Crippen molar-refractivity contribution >= 4 is 11.8 Å². The third-order valence-corrected chi connectivity index (χ3v) is 6.45. The Hall–Kier alpha value is -2.86. The van der Waals surface area contributed by atoms with E-state index in [0.29, 0.717) is 19.6 Å². The van der Waals surface area contributed by atoms with E-state index in [1.165, 1.54) is 5.56 Å². The molecular weight excluding hydrogens is 402 g/mol. The predicted octanol–water partition coefficient (Wildman–Crippen LogP) is 5.09. The molecule has 2 aromatic rings. The van der Waals surface area contributed by atoms with Crippen molar-refractivity contribution in [3.05, 3.63) is 70.8 Å². The molecule has 1 saturated heterocycles. The molecule has 0 aromatic heterocycles. The SMILES string of the molecule is Cc1ccccc1CNC(=O)ON1CCC2(CC1)CC(c1ccc(C(C)(C)C)cc1)=NO2. The van der Waals surface area contributed by atoms with E-state index in [1.807, 2.05) is 31.2 Å². The first-order valence-electron chi connectivity index (χ1n) is 11.4. The monoisotopic (exact) mass is 435 g/mol. The summed E-state index contributed by atoms with van der Waals surface area (Å²) in [7, 11) is 0. The van der Waals surface area contributed by atoms with Crippen LogP contribution in [0.15, 0.2) is 53.7 Å². The number of benzene rings is 2. The molecule has 1 fully saturated rings. The second kappa shape index (κ2) is 8.94. The third kappa shape index (κ3) is 5.13. The number of hydroxylamine groups is 2. The molecule has 170 valence electrons. The van der Waals surface area contributed by atoms with E-state index in [-0.39, 0.29) is 11.0 Å². The number of piperidine rings is 1. The van der Waals surface area contributed by atoms with Gasteiger partial charge >= 0.3 is 6.09 Å². The summed E-state index contributed by atoms with van der Waals surface area (Å²) in [5.74, 6) is 0. The van der Waals surface area contributed by atoms with Crippen LogP contribution in [0, 0.1) is 6.92 Å². The Kier molecular flexibility index (Phi) is 6.24. The number of rotatable bonds is 4. The largest absolute Gasteiger partial charge is 0.426 e. The number of hydrogen-bond donors (Lipinski definition) is 1. The Labute approximate surface area is 190 Å². The van der Waals surface area contributed by atoms with Crippen molar-refractivity contribution in [3.63, 3.8) is 0 Å². The van der Waals surface area contributed by atoms with Crippen molar-refractivity contribution in [3.8, 4) is 0 Å². The van der Waals surface area contributed by atoms with Gasteiger partial charge in [0.05, 0.1) is 5.71 Å². The lowest BCUT2D eigenvalue weighted by atomic mass is 9.84. The molecule has 4 rings (SSSR count). The van der Waals surface area contributed by atoms with E-state index in [1.54, 1.807) is 5.06 Å². The van der Waals surface area contributed by atoms with Gasteiger partial charge in [0.15, 0.2) is 0 Å². The lowest BCUT2D eigenvalue weighted by molar-refractivity contribution is -0.157. The molecule has 0 radical (unpaired) electrons. The fourth-order valence-electron chi connectivity index (χ4n) is 4.22. The molecule has 1 spiro atoms. The van der Waals surface area contributed by atoms with Crippen LogP contribution in [0.3, 0.4) is 0 Å². The highest BCUT2D eigenvalue weighted by Gasteiger charge is 2.43. The van der Waals surface area contributed by atoms with Crippen molar-refractivity contribution < 1.29 is 14.5 Å². The molecule has 2 heterocycles. The average molecular weight is 436 g/mol. The fraction of sp³-hybridized carbons (Fsp3) is 0.462. The zero-order valence-corrected chi connectivity index (χ0v) is 19.5. The summed E-state index contributed by atoms with van der Waals surface area (Å²) in [5, 5.41) is 8.97. The summed E-state index contributed by atoms with van der Waals surface area (Å²) < 4.78 is 0. The van der Waals surface area contributed by atoms with Gasteiger partial charge in [0.2, 0.25) is 0 Å². The highest BCUT2D eigenvalue weighted by molar-refractivity contribution is 6.01. The molecule has 2 aliphatic rings. The minimum atomic E-state index is -0.424. The molecule has 1 amide bonds. The Morgan fingerprint density at radius 2 is 1.81 bits per heavy atom. The number of carbonyl (C=O) groups is 1. The van der Waals surface area contributed by atoms with E-state index in [4.69, 9.17) is 9.68 Å². The normalized spacial score (nSPS) is 18.2. The van der Waals surface area contributed by atoms with Crippen LogP contribution in [-0.2, 0) is 21.6 Å². The van der Waals surface area contributed by atoms with E-state index in [9.17, 15) is 4.79 Å². The molecule has 0 atom stereocenters. The molecule has 1 N–H and O–H groups in total. The van der Waals surface area contributed by atoms with Gasteiger partial charge in [-0.3, -0.25) is 0 Å². The number of nitrogens with one attached hydrogen (secondary N) is 1. The van der Waals surface area contributed by atoms with Crippen LogP contribution in [0.25, 0.3) is 0 Å². The Bertz CT molecular complexity index is 984. The Morgan fingerprint density at radius 3 is 2.47 bits per heavy atom. The van der Waals surface area contributed by atoms with E-state index in [2.05, 4.69) is 55.5 Å². The Balaban J connectivity index is 1.25. The van der Waals surface area contributed by atoms with Crippen LogP contribution >= 0.6 is 0 Å². The maximum absolute atomic E-state index is 12.2. The second-order valence-electron chi connectivity index (χ2n) is 9.90. The maximum Gasteiger partial charge on any atom is 0.426 e. The number of carbonyl (C=O) groups excluding carboxylic acids is 1. The first-order valence-corrected chi connectivity index (χ1v) is 11.4. The highest BCUT2D eigenvalue weighted by atomic mass is 16.7. The van der Waals surface area contributed by atoms with Crippen molar-refractivity contribution in [1.82, 2.24) is 10.4 Å². The number of amides is 1. The number of nitrogens with zero attached hydrogens (tertiary/aromatic N) is 2. The lowest BCUT2D eigenvalue weighted by Gasteiger charge is -2.35. The molecule has 0 aliphatic carbocycles. The van der Waals surface area contributed by atoms with Gasteiger partial charge in [-0.15, -0.1) is 5.06 Å². The number of hydrogen-bond acceptors (Lipinski definition) is 5. The zero-order valence-electron chi connectivity index (χ0n) is 19.5. The molecule has 0 unspecified atom stereocenters. The molecule has 0 saturated carbocycles. The van der Waals surface area contributed by atoms with Crippen molar-refractivity contribution in [2.45, 2.75) is 64.5 Å². The fourth-order valence-corrected chi connectivity index (χ4v) is 4.22. The van der Waals surface area contributed by atoms with Gasteiger partial charge in [-0.25, -0.2) is 4.79 Å². The van der Waals surface area contributed by atoms with Crippen LogP contribution in [0.1, 0.15) is 62.3 Å². The van der Waals surface area contributed by atoms with Crippen LogP contribution < -0.4 is 5.32 Å². The molecule has 0 bridgehead atoms. The standard InChI is InChI=1S/C26H33N3O3/c1-19-7-5-6-8-21(19)18-27-24(30)31-29-15-13-26(14-16-29)17-23(28-32-26)20-9-11-22(12-10-20)25(2,3)4/h5-12H,13-18H2,1-4H3,(H,27,30). The highest BCUT2D eigenvalue weighted by Crippen LogP contribution is 2.36. The average Bonchev–Trinajstić information content (AvgIpc) is 3.18. The number of oxime groups is 1. The topological polar surface area (TPSA) is 63.2 Å². The summed E-state index contributed by atoms with van der Waals surface area (Å²) in [6.07, 6.45) is 1.90. The molecule has 32 heavy (non-hydrogen) atoms. The molecule has 6 heteroatoms. The zero-order chi connectivity index (χ0) is 22.8. The van der Waals surface area contributed by atoms with Crippen molar-refractivity contribution in [2.24, 2.45) is 5.16 Å². The van der Waals surface area contributed by atoms with Gasteiger partial charge in [0.1, 0.15) is 5.60 Å². The van der Waals surface area contributed by atoms with E-state index >= 15 is 0 Å². The summed E-state index contributed by atoms with van der Waals surface area (Å²) in [4.78, 5) is 23.6. The van der Waals surface area contributed by atoms with E-state index < -0.39 is 6.09 Å². The van der Waals surface area contributed by atoms with Gasteiger partial charge in [0.25, 0.3) is 0 Å².